The van der Waals surface area contributed by atoms with E-state index in [0.717, 1.165) is 18.5 Å². The van der Waals surface area contributed by atoms with E-state index < -0.39 is 16.1 Å². The van der Waals surface area contributed by atoms with E-state index in [1.807, 2.05) is 13.8 Å². The lowest BCUT2D eigenvalue weighted by Gasteiger charge is -2.29. The third kappa shape index (κ3) is 6.51. The van der Waals surface area contributed by atoms with E-state index in [2.05, 4.69) is 9.62 Å². The second kappa shape index (κ2) is 10.7. The van der Waals surface area contributed by atoms with Crippen molar-refractivity contribution >= 4 is 27.5 Å². The van der Waals surface area contributed by atoms with Crippen LogP contribution in [0.4, 0.5) is 4.39 Å². The maximum atomic E-state index is 13.3. The molecule has 0 radical (unpaired) electrons. The number of nitrogens with zero attached hydrogens (tertiary/aromatic N) is 2. The number of carbonyl (C=O) groups is 1. The Morgan fingerprint density at radius 2 is 1.69 bits per heavy atom. The second-order valence-corrected chi connectivity index (χ2v) is 10.5. The van der Waals surface area contributed by atoms with Crippen LogP contribution < -0.4 is 4.72 Å². The van der Waals surface area contributed by atoms with Gasteiger partial charge in [-0.1, -0.05) is 37.6 Å². The molecule has 9 heteroatoms. The fourth-order valence-electron chi connectivity index (χ4n) is 3.71. The van der Waals surface area contributed by atoms with Gasteiger partial charge in [0.15, 0.2) is 0 Å². The zero-order valence-corrected chi connectivity index (χ0v) is 19.9. The summed E-state index contributed by atoms with van der Waals surface area (Å²) in [6.45, 7) is 6.87. The zero-order valence-electron chi connectivity index (χ0n) is 18.3. The van der Waals surface area contributed by atoms with E-state index in [-0.39, 0.29) is 22.5 Å². The molecular weight excluding hydrogens is 453 g/mol. The van der Waals surface area contributed by atoms with E-state index in [9.17, 15) is 17.6 Å². The smallest absolute Gasteiger partial charge is 0.241 e. The first-order valence-electron chi connectivity index (χ1n) is 10.7. The number of hydrogen-bond acceptors (Lipinski definition) is 4. The molecule has 0 saturated carbocycles. The maximum absolute atomic E-state index is 13.3. The zero-order chi connectivity index (χ0) is 23.3. The van der Waals surface area contributed by atoms with Crippen LogP contribution in [0, 0.1) is 11.7 Å². The van der Waals surface area contributed by atoms with Crippen LogP contribution in [0.25, 0.3) is 0 Å². The minimum atomic E-state index is -3.87. The van der Waals surface area contributed by atoms with Crippen molar-refractivity contribution in [3.63, 3.8) is 0 Å². The average Bonchev–Trinajstić information content (AvgIpc) is 2.99. The van der Waals surface area contributed by atoms with Gasteiger partial charge in [0.1, 0.15) is 11.9 Å². The minimum Gasteiger partial charge on any atom is -0.340 e. The largest absolute Gasteiger partial charge is 0.340 e. The van der Waals surface area contributed by atoms with Gasteiger partial charge in [-0.2, -0.15) is 4.72 Å². The summed E-state index contributed by atoms with van der Waals surface area (Å²) in [7, 11) is -3.87. The standard InChI is InChI=1S/C23H29ClFN3O3S/c1-17(2)22(26-32(30,31)21-10-6-19(24)7-11-21)23(29)28-13-3-12-27(14-15-28)16-18-4-8-20(25)9-5-18/h4-11,17,22,26H,3,12-16H2,1-2H3/t22-/m0/s1. The van der Waals surface area contributed by atoms with Gasteiger partial charge in [-0.3, -0.25) is 9.69 Å². The summed E-state index contributed by atoms with van der Waals surface area (Å²) in [5.41, 5.74) is 1.02. The summed E-state index contributed by atoms with van der Waals surface area (Å²) >= 11 is 5.86. The quantitative estimate of drug-likeness (QED) is 0.657. The molecule has 0 unspecified atom stereocenters. The van der Waals surface area contributed by atoms with Gasteiger partial charge in [0.25, 0.3) is 0 Å². The van der Waals surface area contributed by atoms with E-state index in [4.69, 9.17) is 11.6 Å². The third-order valence-electron chi connectivity index (χ3n) is 5.56. The highest BCUT2D eigenvalue weighted by atomic mass is 35.5. The van der Waals surface area contributed by atoms with Crippen LogP contribution in [-0.4, -0.2) is 56.3 Å². The van der Waals surface area contributed by atoms with Crippen LogP contribution in [0.1, 0.15) is 25.8 Å². The number of carbonyl (C=O) groups excluding carboxylic acids is 1. The Kier molecular flexibility index (Phi) is 8.27. The number of nitrogens with one attached hydrogen (secondary N) is 1. The lowest BCUT2D eigenvalue weighted by Crippen LogP contribution is -2.51. The molecule has 2 aromatic carbocycles. The maximum Gasteiger partial charge on any atom is 0.241 e. The normalized spacial score (nSPS) is 16.7. The first-order chi connectivity index (χ1) is 15.2. The van der Waals surface area contributed by atoms with E-state index in [1.54, 1.807) is 17.0 Å². The molecule has 3 rings (SSSR count). The Balaban J connectivity index is 1.65. The molecule has 1 amide bonds. The first kappa shape index (κ1) is 24.6. The van der Waals surface area contributed by atoms with Crippen molar-refractivity contribution in [2.45, 2.75) is 37.8 Å². The molecule has 2 aromatic rings. The minimum absolute atomic E-state index is 0.0710. The van der Waals surface area contributed by atoms with Gasteiger partial charge < -0.3 is 4.90 Å². The molecule has 6 nitrogen and oxygen atoms in total. The van der Waals surface area contributed by atoms with Crippen molar-refractivity contribution in [3.8, 4) is 0 Å². The van der Waals surface area contributed by atoms with E-state index >= 15 is 0 Å². The van der Waals surface area contributed by atoms with Crippen molar-refractivity contribution in [2.24, 2.45) is 5.92 Å². The molecule has 0 spiro atoms. The summed E-state index contributed by atoms with van der Waals surface area (Å²) < 4.78 is 41.4. The van der Waals surface area contributed by atoms with Gasteiger partial charge >= 0.3 is 0 Å². The van der Waals surface area contributed by atoms with Crippen LogP contribution in [-0.2, 0) is 21.4 Å². The highest BCUT2D eigenvalue weighted by Crippen LogP contribution is 2.18. The molecular formula is C23H29ClFN3O3S. The number of hydrogen-bond donors (Lipinski definition) is 1. The van der Waals surface area contributed by atoms with Crippen molar-refractivity contribution in [1.29, 1.82) is 0 Å². The van der Waals surface area contributed by atoms with Crippen LogP contribution in [0.2, 0.25) is 5.02 Å². The van der Waals surface area contributed by atoms with Crippen molar-refractivity contribution in [3.05, 3.63) is 64.9 Å². The Morgan fingerprint density at radius 1 is 1.03 bits per heavy atom. The number of halogens is 2. The number of amides is 1. The molecule has 0 aliphatic carbocycles. The van der Waals surface area contributed by atoms with Gasteiger partial charge in [0, 0.05) is 37.7 Å². The summed E-state index contributed by atoms with van der Waals surface area (Å²) in [5.74, 6) is -0.702. The number of benzene rings is 2. The van der Waals surface area contributed by atoms with Gasteiger partial charge in [-0.25, -0.2) is 12.8 Å². The summed E-state index contributed by atoms with van der Waals surface area (Å²) in [5, 5.41) is 0.440. The summed E-state index contributed by atoms with van der Waals surface area (Å²) in [6.07, 6.45) is 0.779. The molecule has 32 heavy (non-hydrogen) atoms. The first-order valence-corrected chi connectivity index (χ1v) is 12.6. The predicted molar refractivity (Wildman–Crippen MR) is 123 cm³/mol. The summed E-state index contributed by atoms with van der Waals surface area (Å²) in [6, 6.07) is 11.4. The Bertz CT molecular complexity index is 1010. The molecule has 0 aromatic heterocycles. The second-order valence-electron chi connectivity index (χ2n) is 8.38. The molecule has 174 valence electrons. The molecule has 1 atom stereocenters. The Morgan fingerprint density at radius 3 is 2.31 bits per heavy atom. The van der Waals surface area contributed by atoms with Gasteiger partial charge in [0.05, 0.1) is 4.90 Å². The predicted octanol–water partition coefficient (Wildman–Crippen LogP) is 3.52. The highest BCUT2D eigenvalue weighted by molar-refractivity contribution is 7.89. The summed E-state index contributed by atoms with van der Waals surface area (Å²) in [4.78, 5) is 17.3. The van der Waals surface area contributed by atoms with E-state index in [1.165, 1.54) is 36.4 Å². The van der Waals surface area contributed by atoms with Crippen LogP contribution >= 0.6 is 11.6 Å². The van der Waals surface area contributed by atoms with Crippen LogP contribution in [0.3, 0.4) is 0 Å². The number of rotatable bonds is 7. The van der Waals surface area contributed by atoms with Crippen LogP contribution in [0.5, 0.6) is 0 Å². The number of sulfonamides is 1. The topological polar surface area (TPSA) is 69.7 Å². The molecule has 1 heterocycles. The van der Waals surface area contributed by atoms with Gasteiger partial charge in [-0.05, 0) is 54.3 Å². The van der Waals surface area contributed by atoms with Crippen molar-refractivity contribution < 1.29 is 17.6 Å². The van der Waals surface area contributed by atoms with Gasteiger partial charge in [0.2, 0.25) is 15.9 Å². The van der Waals surface area contributed by atoms with E-state index in [0.29, 0.717) is 31.2 Å². The molecule has 1 N–H and O–H groups in total. The molecule has 1 aliphatic rings. The van der Waals surface area contributed by atoms with Crippen molar-refractivity contribution in [1.82, 2.24) is 14.5 Å². The highest BCUT2D eigenvalue weighted by Gasteiger charge is 2.32. The van der Waals surface area contributed by atoms with Crippen LogP contribution in [0.15, 0.2) is 53.4 Å². The molecule has 0 bridgehead atoms. The lowest BCUT2D eigenvalue weighted by molar-refractivity contribution is -0.133. The van der Waals surface area contributed by atoms with Crippen molar-refractivity contribution in [2.75, 3.05) is 26.2 Å². The van der Waals surface area contributed by atoms with Gasteiger partial charge in [-0.15, -0.1) is 0 Å². The molecule has 1 aliphatic heterocycles. The fraction of sp³-hybridized carbons (Fsp3) is 0.435. The third-order valence-corrected chi connectivity index (χ3v) is 7.27. The Hall–Kier alpha value is -2.00. The molecule has 1 saturated heterocycles. The Labute approximate surface area is 194 Å². The lowest BCUT2D eigenvalue weighted by atomic mass is 10.0. The fourth-order valence-corrected chi connectivity index (χ4v) is 5.18. The SMILES string of the molecule is CC(C)[C@H](NS(=O)(=O)c1ccc(Cl)cc1)C(=O)N1CCCN(Cc2ccc(F)cc2)CC1. The molecule has 1 fully saturated rings. The monoisotopic (exact) mass is 481 g/mol. The average molecular weight is 482 g/mol.